The van der Waals surface area contributed by atoms with Gasteiger partial charge >= 0.3 is 0 Å². The molecule has 3 aromatic rings. The zero-order valence-electron chi connectivity index (χ0n) is 15.5. The largest absolute Gasteiger partial charge is 0.336 e. The molecule has 1 fully saturated rings. The van der Waals surface area contributed by atoms with Crippen LogP contribution in [0.1, 0.15) is 28.9 Å². The fraction of sp³-hybridized carbons (Fsp3) is 0.400. The Morgan fingerprint density at radius 3 is 3.07 bits per heavy atom. The highest BCUT2D eigenvalue weighted by Gasteiger charge is 2.19. The van der Waals surface area contributed by atoms with Crippen LogP contribution in [0.2, 0.25) is 0 Å². The Balaban J connectivity index is 1.44. The van der Waals surface area contributed by atoms with Gasteiger partial charge in [-0.3, -0.25) is 14.5 Å². The number of fused-ring (bicyclic) bond motifs is 1. The van der Waals surface area contributed by atoms with E-state index in [-0.39, 0.29) is 5.91 Å². The maximum atomic E-state index is 12.8. The van der Waals surface area contributed by atoms with E-state index in [1.165, 1.54) is 12.8 Å². The van der Waals surface area contributed by atoms with Crippen molar-refractivity contribution in [3.8, 4) is 0 Å². The number of hydrogen-bond acceptors (Lipinski definition) is 5. The summed E-state index contributed by atoms with van der Waals surface area (Å²) in [6.07, 6.45) is 5.91. The van der Waals surface area contributed by atoms with Crippen molar-refractivity contribution in [3.63, 3.8) is 0 Å². The maximum Gasteiger partial charge on any atom is 0.276 e. The number of benzene rings is 1. The summed E-state index contributed by atoms with van der Waals surface area (Å²) in [6, 6.07) is 9.97. The highest BCUT2D eigenvalue weighted by atomic mass is 16.2. The van der Waals surface area contributed by atoms with Crippen molar-refractivity contribution >= 4 is 16.8 Å². The van der Waals surface area contributed by atoms with E-state index in [2.05, 4.69) is 20.6 Å². The Labute approximate surface area is 158 Å². The molecule has 3 heterocycles. The van der Waals surface area contributed by atoms with Gasteiger partial charge in [-0.05, 0) is 43.5 Å². The van der Waals surface area contributed by atoms with Crippen molar-refractivity contribution in [3.05, 3.63) is 54.0 Å². The smallest absolute Gasteiger partial charge is 0.276 e. The number of carbonyl (C=O) groups excluding carboxylic acids is 1. The van der Waals surface area contributed by atoms with Gasteiger partial charge in [0.25, 0.3) is 5.91 Å². The fourth-order valence-corrected chi connectivity index (χ4v) is 3.65. The molecule has 1 aliphatic heterocycles. The van der Waals surface area contributed by atoms with Gasteiger partial charge in [0, 0.05) is 31.7 Å². The van der Waals surface area contributed by atoms with Gasteiger partial charge in [-0.15, -0.1) is 5.10 Å². The van der Waals surface area contributed by atoms with Crippen LogP contribution in [0.5, 0.6) is 0 Å². The number of amides is 1. The van der Waals surface area contributed by atoms with Crippen LogP contribution in [0.15, 0.2) is 42.7 Å². The summed E-state index contributed by atoms with van der Waals surface area (Å²) in [6.45, 7) is 3.36. The lowest BCUT2D eigenvalue weighted by molar-refractivity contribution is 0.0779. The summed E-state index contributed by atoms with van der Waals surface area (Å²) in [7, 11) is 1.79. The minimum absolute atomic E-state index is 0.129. The lowest BCUT2D eigenvalue weighted by atomic mass is 10.00. The number of rotatable bonds is 5. The topological polar surface area (TPSA) is 75.9 Å². The highest BCUT2D eigenvalue weighted by Crippen LogP contribution is 2.18. The van der Waals surface area contributed by atoms with Gasteiger partial charge in [0.05, 0.1) is 11.7 Å². The van der Waals surface area contributed by atoms with Crippen molar-refractivity contribution in [2.45, 2.75) is 25.9 Å². The molecule has 1 atom stereocenters. The third-order valence-corrected chi connectivity index (χ3v) is 5.07. The number of nitrogens with zero attached hydrogens (tertiary/aromatic N) is 5. The summed E-state index contributed by atoms with van der Waals surface area (Å²) in [4.78, 5) is 18.9. The first-order valence-corrected chi connectivity index (χ1v) is 9.39. The molecule has 1 amide bonds. The van der Waals surface area contributed by atoms with Crippen LogP contribution in [-0.4, -0.2) is 50.9 Å². The van der Waals surface area contributed by atoms with Crippen molar-refractivity contribution < 1.29 is 4.79 Å². The van der Waals surface area contributed by atoms with Crippen LogP contribution in [-0.2, 0) is 13.1 Å². The molecule has 140 valence electrons. The predicted molar refractivity (Wildman–Crippen MR) is 103 cm³/mol. The average molecular weight is 364 g/mol. The Morgan fingerprint density at radius 2 is 2.22 bits per heavy atom. The number of pyridine rings is 1. The molecule has 1 aliphatic rings. The quantitative estimate of drug-likeness (QED) is 0.750. The predicted octanol–water partition coefficient (Wildman–Crippen LogP) is 2.10. The second-order valence-corrected chi connectivity index (χ2v) is 7.19. The van der Waals surface area contributed by atoms with Crippen LogP contribution in [0, 0.1) is 5.92 Å². The molecule has 0 aliphatic carbocycles. The Bertz CT molecular complexity index is 926. The molecule has 0 unspecified atom stereocenters. The van der Waals surface area contributed by atoms with Gasteiger partial charge in [-0.2, -0.15) is 0 Å². The number of nitrogens with one attached hydrogen (secondary N) is 1. The van der Waals surface area contributed by atoms with Gasteiger partial charge in [0.15, 0.2) is 5.69 Å². The summed E-state index contributed by atoms with van der Waals surface area (Å²) in [5.41, 5.74) is 2.33. The van der Waals surface area contributed by atoms with Crippen LogP contribution < -0.4 is 5.32 Å². The Hall–Kier alpha value is -2.80. The zero-order chi connectivity index (χ0) is 18.6. The first-order valence-electron chi connectivity index (χ1n) is 9.39. The summed E-state index contributed by atoms with van der Waals surface area (Å²) >= 11 is 0. The van der Waals surface area contributed by atoms with Crippen molar-refractivity contribution in [1.29, 1.82) is 0 Å². The Kier molecular flexibility index (Phi) is 5.11. The molecule has 0 spiro atoms. The van der Waals surface area contributed by atoms with Gasteiger partial charge < -0.3 is 10.2 Å². The molecule has 27 heavy (non-hydrogen) atoms. The number of carbonyl (C=O) groups is 1. The fourth-order valence-electron chi connectivity index (χ4n) is 3.65. The van der Waals surface area contributed by atoms with E-state index in [1.807, 2.05) is 30.3 Å². The molecule has 4 rings (SSSR count). The second kappa shape index (κ2) is 7.84. The summed E-state index contributed by atoms with van der Waals surface area (Å²) in [5, 5.41) is 12.7. The van der Waals surface area contributed by atoms with E-state index < -0.39 is 0 Å². The molecule has 1 N–H and O–H groups in total. The van der Waals surface area contributed by atoms with E-state index in [0.29, 0.717) is 18.2 Å². The van der Waals surface area contributed by atoms with Gasteiger partial charge in [0.1, 0.15) is 0 Å². The molecule has 1 saturated heterocycles. The van der Waals surface area contributed by atoms with E-state index in [1.54, 1.807) is 29.0 Å². The van der Waals surface area contributed by atoms with Gasteiger partial charge in [-0.1, -0.05) is 29.5 Å². The lowest BCUT2D eigenvalue weighted by Gasteiger charge is -2.22. The minimum Gasteiger partial charge on any atom is -0.336 e. The molecule has 7 nitrogen and oxygen atoms in total. The van der Waals surface area contributed by atoms with E-state index in [0.717, 1.165) is 36.1 Å². The van der Waals surface area contributed by atoms with Crippen LogP contribution in [0.3, 0.4) is 0 Å². The number of para-hydroxylation sites is 1. The molecular formula is C20H24N6O. The Morgan fingerprint density at radius 1 is 1.33 bits per heavy atom. The monoisotopic (exact) mass is 364 g/mol. The number of aromatic nitrogens is 4. The maximum absolute atomic E-state index is 12.8. The van der Waals surface area contributed by atoms with Crippen molar-refractivity contribution in [2.75, 3.05) is 20.1 Å². The SMILES string of the molecule is CN(Cc1cccc2cccnc12)C(=O)c1cn(C[C@H]2CCCNC2)nn1. The molecule has 7 heteroatoms. The van der Waals surface area contributed by atoms with Crippen LogP contribution in [0.25, 0.3) is 10.9 Å². The minimum atomic E-state index is -0.129. The van der Waals surface area contributed by atoms with Crippen LogP contribution >= 0.6 is 0 Å². The van der Waals surface area contributed by atoms with Crippen molar-refractivity contribution in [1.82, 2.24) is 30.2 Å². The zero-order valence-corrected chi connectivity index (χ0v) is 15.5. The average Bonchev–Trinajstić information content (AvgIpc) is 3.17. The van der Waals surface area contributed by atoms with E-state index in [4.69, 9.17) is 0 Å². The molecule has 1 aromatic carbocycles. The third-order valence-electron chi connectivity index (χ3n) is 5.07. The number of hydrogen-bond donors (Lipinski definition) is 1. The molecule has 0 saturated carbocycles. The first kappa shape index (κ1) is 17.6. The van der Waals surface area contributed by atoms with E-state index in [9.17, 15) is 4.79 Å². The molecule has 0 radical (unpaired) electrons. The molecule has 2 aromatic heterocycles. The molecule has 0 bridgehead atoms. The molecular weight excluding hydrogens is 340 g/mol. The summed E-state index contributed by atoms with van der Waals surface area (Å²) < 4.78 is 1.79. The van der Waals surface area contributed by atoms with Crippen LogP contribution in [0.4, 0.5) is 0 Å². The third kappa shape index (κ3) is 3.98. The number of piperidine rings is 1. The second-order valence-electron chi connectivity index (χ2n) is 7.19. The van der Waals surface area contributed by atoms with Crippen molar-refractivity contribution in [2.24, 2.45) is 5.92 Å². The first-order chi connectivity index (χ1) is 13.2. The lowest BCUT2D eigenvalue weighted by Crippen LogP contribution is -2.32. The van der Waals surface area contributed by atoms with Gasteiger partial charge in [-0.25, -0.2) is 0 Å². The normalized spacial score (nSPS) is 17.1. The highest BCUT2D eigenvalue weighted by molar-refractivity contribution is 5.92. The summed E-state index contributed by atoms with van der Waals surface area (Å²) in [5.74, 6) is 0.416. The van der Waals surface area contributed by atoms with E-state index >= 15 is 0 Å². The van der Waals surface area contributed by atoms with Gasteiger partial charge in [0.2, 0.25) is 0 Å². The standard InChI is InChI=1S/C20H24N6O/c1-25(13-17-7-2-6-16-8-4-10-22-19(16)17)20(27)18-14-26(24-23-18)12-15-5-3-9-21-11-15/h2,4,6-8,10,14-15,21H,3,5,9,11-13H2,1H3/t15-/m0/s1.